The summed E-state index contributed by atoms with van der Waals surface area (Å²) in [6.45, 7) is 3.47. The lowest BCUT2D eigenvalue weighted by atomic mass is 9.71. The van der Waals surface area contributed by atoms with Crippen molar-refractivity contribution in [2.75, 3.05) is 51.8 Å². The molecule has 1 aliphatic heterocycles. The molecule has 0 radical (unpaired) electrons. The maximum atomic E-state index is 16.7. The fraction of sp³-hybridized carbons (Fsp3) is 0.448. The smallest absolute Gasteiger partial charge is 0.319 e. The molecule has 41 heavy (non-hydrogen) atoms. The highest BCUT2D eigenvalue weighted by Gasteiger charge is 2.37. The molecule has 1 fully saturated rings. The summed E-state index contributed by atoms with van der Waals surface area (Å²) in [7, 11) is 3.31. The van der Waals surface area contributed by atoms with Gasteiger partial charge in [0.05, 0.1) is 12.5 Å². The number of aliphatic hydroxyl groups is 1. The number of nitrogens with two attached hydrogens (primary N) is 1. The first-order chi connectivity index (χ1) is 19.6. The zero-order valence-electron chi connectivity index (χ0n) is 23.3. The number of carbonyl (C=O) groups excluding carboxylic acids is 2. The number of primary amides is 1. The Morgan fingerprint density at radius 2 is 1.90 bits per heavy atom. The van der Waals surface area contributed by atoms with Crippen molar-refractivity contribution in [3.63, 3.8) is 0 Å². The Bertz CT molecular complexity index is 1480. The summed E-state index contributed by atoms with van der Waals surface area (Å²) in [5, 5.41) is 11.5. The van der Waals surface area contributed by atoms with E-state index in [0.717, 1.165) is 11.1 Å². The quantitative estimate of drug-likeness (QED) is 0.456. The van der Waals surface area contributed by atoms with Crippen molar-refractivity contribution in [3.8, 4) is 6.01 Å². The Hall–Kier alpha value is -3.70. The molecule has 218 valence electrons. The maximum Gasteiger partial charge on any atom is 0.319 e. The monoisotopic (exact) mass is 584 g/mol. The fourth-order valence-corrected chi connectivity index (χ4v) is 6.03. The second-order valence-electron chi connectivity index (χ2n) is 10.8. The number of piperazine rings is 1. The largest absolute Gasteiger partial charge is 0.463 e. The van der Waals surface area contributed by atoms with Gasteiger partial charge in [0, 0.05) is 62.2 Å². The van der Waals surface area contributed by atoms with Crippen LogP contribution in [0.4, 0.5) is 15.0 Å². The molecule has 1 aliphatic carbocycles. The average molecular weight is 585 g/mol. The van der Waals surface area contributed by atoms with E-state index in [0.29, 0.717) is 43.8 Å². The molecule has 12 heteroatoms. The number of nitrogens with zero attached hydrogens (tertiary/aromatic N) is 5. The van der Waals surface area contributed by atoms with Crippen LogP contribution in [-0.4, -0.2) is 89.8 Å². The number of aromatic nitrogens is 2. The molecular formula is C29H34ClFN6O4. The van der Waals surface area contributed by atoms with Gasteiger partial charge in [0.2, 0.25) is 5.91 Å². The van der Waals surface area contributed by atoms with Crippen LogP contribution in [0.15, 0.2) is 30.3 Å². The molecule has 0 saturated carbocycles. The van der Waals surface area contributed by atoms with Crippen molar-refractivity contribution in [2.45, 2.75) is 31.8 Å². The Kier molecular flexibility index (Phi) is 8.19. The zero-order chi connectivity index (χ0) is 29.4. The Balaban J connectivity index is 1.61. The lowest BCUT2D eigenvalue weighted by Gasteiger charge is -2.37. The average Bonchev–Trinajstić information content (AvgIpc) is 2.95. The molecule has 3 atom stereocenters. The lowest BCUT2D eigenvalue weighted by molar-refractivity contribution is -0.129. The number of hydrogen-bond donors (Lipinski definition) is 2. The number of hydrogen-bond acceptors (Lipinski definition) is 7. The predicted octanol–water partition coefficient (Wildman–Crippen LogP) is 3.17. The summed E-state index contributed by atoms with van der Waals surface area (Å²) < 4.78 is 22.5. The van der Waals surface area contributed by atoms with Crippen molar-refractivity contribution >= 4 is 40.3 Å². The van der Waals surface area contributed by atoms with E-state index in [4.69, 9.17) is 22.1 Å². The third-order valence-corrected chi connectivity index (χ3v) is 8.39. The van der Waals surface area contributed by atoms with Gasteiger partial charge in [0.15, 0.2) is 5.82 Å². The van der Waals surface area contributed by atoms with E-state index in [1.807, 2.05) is 36.1 Å². The summed E-state index contributed by atoms with van der Waals surface area (Å²) in [4.78, 5) is 37.7. The van der Waals surface area contributed by atoms with E-state index in [1.54, 1.807) is 20.2 Å². The minimum absolute atomic E-state index is 0.0126. The number of amides is 3. The van der Waals surface area contributed by atoms with Gasteiger partial charge >= 0.3 is 12.0 Å². The minimum Gasteiger partial charge on any atom is -0.463 e. The molecule has 2 aromatic carbocycles. The molecule has 1 aromatic heterocycles. The first kappa shape index (κ1) is 28.8. The third-order valence-electron chi connectivity index (χ3n) is 8.08. The topological polar surface area (TPSA) is 125 Å². The van der Waals surface area contributed by atoms with Gasteiger partial charge in [-0.1, -0.05) is 42.8 Å². The molecule has 3 N–H and O–H groups in total. The first-order valence-electron chi connectivity index (χ1n) is 13.6. The number of aliphatic hydroxyl groups excluding tert-OH is 1. The van der Waals surface area contributed by atoms with Gasteiger partial charge in [0.25, 0.3) is 0 Å². The highest BCUT2D eigenvalue weighted by molar-refractivity contribution is 6.32. The van der Waals surface area contributed by atoms with Crippen LogP contribution in [0.2, 0.25) is 5.02 Å². The SMILES string of the molecule is C[C@@H]1[C@H](c2c(Cl)cc3c(N4CCN(C(N)=O)CC4)nc(OCCC(=O)N(C)C)nc3c2F)c2ccccc2C[C@@H]1O. The molecule has 3 amide bonds. The van der Waals surface area contributed by atoms with Crippen LogP contribution in [-0.2, 0) is 11.2 Å². The van der Waals surface area contributed by atoms with E-state index in [2.05, 4.69) is 9.97 Å². The number of halogens is 2. The number of fused-ring (bicyclic) bond motifs is 2. The van der Waals surface area contributed by atoms with Gasteiger partial charge in [-0.2, -0.15) is 9.97 Å². The second kappa shape index (κ2) is 11.7. The van der Waals surface area contributed by atoms with E-state index in [9.17, 15) is 14.7 Å². The van der Waals surface area contributed by atoms with Crippen LogP contribution in [0, 0.1) is 11.7 Å². The normalized spacial score (nSPS) is 20.6. The van der Waals surface area contributed by atoms with E-state index < -0.39 is 23.9 Å². The summed E-state index contributed by atoms with van der Waals surface area (Å²) in [5.41, 5.74) is 7.61. The molecule has 10 nitrogen and oxygen atoms in total. The van der Waals surface area contributed by atoms with E-state index in [1.165, 1.54) is 9.80 Å². The maximum absolute atomic E-state index is 16.7. The summed E-state index contributed by atoms with van der Waals surface area (Å²) in [6, 6.07) is 8.78. The molecule has 0 unspecified atom stereocenters. The number of anilines is 1. The van der Waals surface area contributed by atoms with Crippen LogP contribution >= 0.6 is 11.6 Å². The molecule has 1 saturated heterocycles. The van der Waals surface area contributed by atoms with Crippen LogP contribution in [0.5, 0.6) is 6.01 Å². The highest BCUT2D eigenvalue weighted by Crippen LogP contribution is 2.46. The molecule has 0 bridgehead atoms. The van der Waals surface area contributed by atoms with Gasteiger partial charge in [-0.3, -0.25) is 4.79 Å². The zero-order valence-corrected chi connectivity index (χ0v) is 24.1. The van der Waals surface area contributed by atoms with Crippen LogP contribution < -0.4 is 15.4 Å². The lowest BCUT2D eigenvalue weighted by Crippen LogP contribution is -2.50. The number of carbonyl (C=O) groups is 2. The van der Waals surface area contributed by atoms with Gasteiger partial charge in [-0.15, -0.1) is 0 Å². The highest BCUT2D eigenvalue weighted by atomic mass is 35.5. The van der Waals surface area contributed by atoms with Crippen LogP contribution in [0.25, 0.3) is 10.9 Å². The Labute approximate surface area is 242 Å². The summed E-state index contributed by atoms with van der Waals surface area (Å²) in [5.74, 6) is -1.12. The number of benzene rings is 2. The van der Waals surface area contributed by atoms with E-state index in [-0.39, 0.29) is 47.0 Å². The summed E-state index contributed by atoms with van der Waals surface area (Å²) in [6.07, 6.45) is -0.0888. The van der Waals surface area contributed by atoms with Crippen molar-refractivity contribution in [1.29, 1.82) is 0 Å². The molecule has 2 heterocycles. The van der Waals surface area contributed by atoms with Gasteiger partial charge in [-0.25, -0.2) is 9.18 Å². The molecule has 2 aliphatic rings. The van der Waals surface area contributed by atoms with Crippen LogP contribution in [0.3, 0.4) is 0 Å². The first-order valence-corrected chi connectivity index (χ1v) is 14.0. The van der Waals surface area contributed by atoms with Gasteiger partial charge < -0.3 is 30.3 Å². The second-order valence-corrected chi connectivity index (χ2v) is 11.2. The fourth-order valence-electron chi connectivity index (χ4n) is 5.72. The molecule has 5 rings (SSSR count). The van der Waals surface area contributed by atoms with Crippen molar-refractivity contribution in [1.82, 2.24) is 19.8 Å². The van der Waals surface area contributed by atoms with Gasteiger partial charge in [-0.05, 0) is 29.5 Å². The molecular weight excluding hydrogens is 551 g/mol. The number of ether oxygens (including phenoxy) is 1. The molecule has 3 aromatic rings. The molecule has 0 spiro atoms. The van der Waals surface area contributed by atoms with Crippen molar-refractivity contribution in [2.24, 2.45) is 11.7 Å². The van der Waals surface area contributed by atoms with Gasteiger partial charge in [0.1, 0.15) is 17.9 Å². The van der Waals surface area contributed by atoms with Crippen molar-refractivity contribution < 1.29 is 23.8 Å². The van der Waals surface area contributed by atoms with Crippen molar-refractivity contribution in [3.05, 3.63) is 57.9 Å². The summed E-state index contributed by atoms with van der Waals surface area (Å²) >= 11 is 6.85. The predicted molar refractivity (Wildman–Crippen MR) is 154 cm³/mol. The number of rotatable bonds is 6. The standard InChI is InChI=1S/C29H34ClFN6O4/c1-16-21(38)14-17-6-4-5-7-18(17)23(16)24-20(30)15-19-26(25(24)31)33-29(41-13-8-22(39)35(2)3)34-27(19)36-9-11-37(12-10-36)28(32)40/h4-7,15-16,21,23,38H,8-14H2,1-3H3,(H2,32,40)/t16-,21-,23-/m0/s1. The Morgan fingerprint density at radius 3 is 2.59 bits per heavy atom. The third kappa shape index (κ3) is 5.60. The van der Waals surface area contributed by atoms with Crippen LogP contribution in [0.1, 0.15) is 36.0 Å². The number of urea groups is 1. The Morgan fingerprint density at radius 1 is 1.20 bits per heavy atom. The van der Waals surface area contributed by atoms with E-state index >= 15 is 4.39 Å². The minimum atomic E-state index is -0.670.